The molecule has 0 saturated heterocycles. The molecule has 0 unspecified atom stereocenters. The first-order valence-corrected chi connectivity index (χ1v) is 19.4. The lowest BCUT2D eigenvalue weighted by Gasteiger charge is -2.21. The monoisotopic (exact) mass is 678 g/mol. The van der Waals surface area contributed by atoms with Gasteiger partial charge in [-0.1, -0.05) is 66.2 Å². The zero-order chi connectivity index (χ0) is 36.9. The van der Waals surface area contributed by atoms with E-state index in [9.17, 15) is 0 Å². The molecule has 4 bridgehead atoms. The molecule has 0 fully saturated rings. The largest absolute Gasteiger partial charge is 0.0561 e. The molecule has 0 atom stereocenters. The average molecular weight is 679 g/mol. The molecule has 262 valence electrons. The second kappa shape index (κ2) is 12.5. The maximum Gasteiger partial charge on any atom is -0.0114 e. The van der Waals surface area contributed by atoms with Crippen molar-refractivity contribution in [3.8, 4) is 55.6 Å². The van der Waals surface area contributed by atoms with Crippen molar-refractivity contribution in [2.45, 2.75) is 109 Å². The van der Waals surface area contributed by atoms with Crippen LogP contribution in [-0.4, -0.2) is 0 Å². The SMILES string of the molecule is Cc1cc(C)c(C)c(-c2c3cc(-c4cc(C)c(-c5cc(C)c(-c6cc(C)c(-c7c8cc(C)c(C)c7CC8)cc6C)cc5C)cc4C)c(C)c2CC3)c1. The van der Waals surface area contributed by atoms with Crippen LogP contribution < -0.4 is 0 Å². The Kier molecular flexibility index (Phi) is 8.26. The van der Waals surface area contributed by atoms with Crippen LogP contribution in [0.25, 0.3) is 55.6 Å². The standard InChI is InChI=1S/C52H54/c1-27-17-28(2)37(11)50(18-27)52-40-14-16-42(52)38(12)49(26-40)47-23-32(6)45(22-33(47)7)43-20-31(5)44(21-30(43)4)46-24-35(9)48(25-34(46)8)51-39-13-15-41(51)36(10)29(3)19-39/h17-26H,13-16H2,1-12H3. The van der Waals surface area contributed by atoms with Crippen molar-refractivity contribution >= 4 is 0 Å². The third-order valence-electron chi connectivity index (χ3n) is 13.1. The lowest BCUT2D eigenvalue weighted by atomic mass is 9.83. The van der Waals surface area contributed by atoms with Crippen molar-refractivity contribution in [2.24, 2.45) is 0 Å². The lowest BCUT2D eigenvalue weighted by Crippen LogP contribution is -1.99. The van der Waals surface area contributed by atoms with Crippen molar-refractivity contribution in [3.05, 3.63) is 150 Å². The van der Waals surface area contributed by atoms with Crippen LogP contribution in [0.3, 0.4) is 0 Å². The summed E-state index contributed by atoms with van der Waals surface area (Å²) in [4.78, 5) is 0. The zero-order valence-corrected chi connectivity index (χ0v) is 33.6. The van der Waals surface area contributed by atoms with Crippen molar-refractivity contribution < 1.29 is 0 Å². The molecular formula is C52H54. The molecule has 0 amide bonds. The van der Waals surface area contributed by atoms with Crippen molar-refractivity contribution in [3.63, 3.8) is 0 Å². The molecule has 6 aromatic rings. The minimum absolute atomic E-state index is 1.13. The van der Waals surface area contributed by atoms with Gasteiger partial charge in [0.2, 0.25) is 0 Å². The van der Waals surface area contributed by atoms with Gasteiger partial charge in [0.25, 0.3) is 0 Å². The number of hydrogen-bond donors (Lipinski definition) is 0. The van der Waals surface area contributed by atoms with Crippen LogP contribution >= 0.6 is 0 Å². The van der Waals surface area contributed by atoms with Crippen molar-refractivity contribution in [2.75, 3.05) is 0 Å². The van der Waals surface area contributed by atoms with Gasteiger partial charge in [-0.2, -0.15) is 0 Å². The summed E-state index contributed by atoms with van der Waals surface area (Å²) >= 11 is 0. The average Bonchev–Trinajstić information content (AvgIpc) is 3.62. The summed E-state index contributed by atoms with van der Waals surface area (Å²) in [5, 5.41) is 0. The lowest BCUT2D eigenvalue weighted by molar-refractivity contribution is 1.02. The van der Waals surface area contributed by atoms with Gasteiger partial charge in [0.1, 0.15) is 0 Å². The predicted molar refractivity (Wildman–Crippen MR) is 225 cm³/mol. The van der Waals surface area contributed by atoms with E-state index in [-0.39, 0.29) is 0 Å². The second-order valence-corrected chi connectivity index (χ2v) is 16.6. The Morgan fingerprint density at radius 1 is 0.269 bits per heavy atom. The Hall–Kier alpha value is -4.68. The van der Waals surface area contributed by atoms with Crippen molar-refractivity contribution in [1.82, 2.24) is 0 Å². The maximum absolute atomic E-state index is 2.52. The van der Waals surface area contributed by atoms with E-state index in [1.807, 2.05) is 0 Å². The first-order valence-electron chi connectivity index (χ1n) is 19.4. The van der Waals surface area contributed by atoms with Gasteiger partial charge in [-0.15, -0.1) is 0 Å². The molecule has 6 aromatic carbocycles. The molecule has 2 aliphatic rings. The van der Waals surface area contributed by atoms with Gasteiger partial charge >= 0.3 is 0 Å². The molecule has 0 radical (unpaired) electrons. The highest BCUT2D eigenvalue weighted by molar-refractivity contribution is 5.88. The molecule has 0 heterocycles. The molecule has 0 nitrogen and oxygen atoms in total. The normalized spacial score (nSPS) is 13.1. The van der Waals surface area contributed by atoms with Crippen molar-refractivity contribution in [1.29, 1.82) is 0 Å². The van der Waals surface area contributed by atoms with Crippen LogP contribution in [0.5, 0.6) is 0 Å². The molecule has 0 saturated carbocycles. The molecule has 8 rings (SSSR count). The molecule has 0 aliphatic heterocycles. The van der Waals surface area contributed by atoms with E-state index in [1.54, 1.807) is 11.1 Å². The number of fused-ring (bicyclic) bond motifs is 4. The van der Waals surface area contributed by atoms with Gasteiger partial charge in [-0.3, -0.25) is 0 Å². The first kappa shape index (κ1) is 34.4. The molecule has 2 aliphatic carbocycles. The van der Waals surface area contributed by atoms with E-state index in [4.69, 9.17) is 0 Å². The summed E-state index contributed by atoms with van der Waals surface area (Å²) in [6.45, 7) is 27.5. The minimum Gasteiger partial charge on any atom is -0.0561 e. The fourth-order valence-corrected chi connectivity index (χ4v) is 9.92. The zero-order valence-electron chi connectivity index (χ0n) is 33.6. The van der Waals surface area contributed by atoms with E-state index in [0.29, 0.717) is 0 Å². The highest BCUT2D eigenvalue weighted by atomic mass is 14.3. The van der Waals surface area contributed by atoms with Crippen LogP contribution in [0, 0.1) is 83.1 Å². The van der Waals surface area contributed by atoms with Gasteiger partial charge in [0.15, 0.2) is 0 Å². The summed E-state index contributed by atoms with van der Waals surface area (Å²) in [5.74, 6) is 0. The second-order valence-electron chi connectivity index (χ2n) is 16.6. The highest BCUT2D eigenvalue weighted by Gasteiger charge is 2.26. The third-order valence-corrected chi connectivity index (χ3v) is 13.1. The van der Waals surface area contributed by atoms with Crippen LogP contribution in [0.1, 0.15) is 89.0 Å². The van der Waals surface area contributed by atoms with Gasteiger partial charge < -0.3 is 0 Å². The topological polar surface area (TPSA) is 0 Å². The third kappa shape index (κ3) is 5.32. The van der Waals surface area contributed by atoms with E-state index >= 15 is 0 Å². The minimum atomic E-state index is 1.13. The van der Waals surface area contributed by atoms with E-state index in [1.165, 1.54) is 146 Å². The Morgan fingerprint density at radius 3 is 1.17 bits per heavy atom. The fraction of sp³-hybridized carbons (Fsp3) is 0.308. The van der Waals surface area contributed by atoms with E-state index < -0.39 is 0 Å². The Balaban J connectivity index is 1.16. The highest BCUT2D eigenvalue weighted by Crippen LogP contribution is 2.46. The Labute approximate surface area is 313 Å². The molecule has 0 N–H and O–H groups in total. The maximum atomic E-state index is 2.52. The summed E-state index contributed by atoms with van der Waals surface area (Å²) < 4.78 is 0. The quantitative estimate of drug-likeness (QED) is 0.170. The number of rotatable bonds is 5. The summed E-state index contributed by atoms with van der Waals surface area (Å²) in [7, 11) is 0. The summed E-state index contributed by atoms with van der Waals surface area (Å²) in [6.07, 6.45) is 4.61. The Bertz CT molecular complexity index is 2510. The fourth-order valence-electron chi connectivity index (χ4n) is 9.92. The molecule has 0 spiro atoms. The summed E-state index contributed by atoms with van der Waals surface area (Å²) in [6, 6.07) is 24.4. The van der Waals surface area contributed by atoms with Gasteiger partial charge in [0, 0.05) is 0 Å². The predicted octanol–water partition coefficient (Wildman–Crippen LogP) is 13.9. The van der Waals surface area contributed by atoms with Crippen LogP contribution in [-0.2, 0) is 25.7 Å². The Morgan fingerprint density at radius 2 is 0.654 bits per heavy atom. The van der Waals surface area contributed by atoms with Gasteiger partial charge in [0.05, 0.1) is 0 Å². The molecule has 0 aromatic heterocycles. The van der Waals surface area contributed by atoms with Gasteiger partial charge in [-0.05, 0) is 248 Å². The van der Waals surface area contributed by atoms with Crippen LogP contribution in [0.4, 0.5) is 0 Å². The summed E-state index contributed by atoms with van der Waals surface area (Å²) in [5.41, 5.74) is 36.8. The smallest absolute Gasteiger partial charge is 0.0114 e. The van der Waals surface area contributed by atoms with Crippen LogP contribution in [0.15, 0.2) is 60.7 Å². The van der Waals surface area contributed by atoms with Gasteiger partial charge in [-0.25, -0.2) is 0 Å². The molecule has 0 heteroatoms. The van der Waals surface area contributed by atoms with E-state index in [2.05, 4.69) is 144 Å². The number of hydrogen-bond acceptors (Lipinski definition) is 0. The first-order chi connectivity index (χ1) is 24.7. The number of aryl methyl sites for hydroxylation is 11. The number of benzene rings is 6. The molecular weight excluding hydrogens is 625 g/mol. The molecule has 52 heavy (non-hydrogen) atoms. The van der Waals surface area contributed by atoms with E-state index in [0.717, 1.165) is 12.8 Å². The van der Waals surface area contributed by atoms with Crippen LogP contribution in [0.2, 0.25) is 0 Å².